The highest BCUT2D eigenvalue weighted by atomic mass is 28.4. The highest BCUT2D eigenvalue weighted by Gasteiger charge is 2.54. The van der Waals surface area contributed by atoms with Gasteiger partial charge in [0, 0.05) is 6.10 Å². The first-order chi connectivity index (χ1) is 9.49. The maximum absolute atomic E-state index is 10.2. The molecule has 2 aliphatic rings. The number of rotatable bonds is 3. The Kier molecular flexibility index (Phi) is 4.70. The van der Waals surface area contributed by atoms with Crippen molar-refractivity contribution in [2.75, 3.05) is 0 Å². The quantitative estimate of drug-likeness (QED) is 0.745. The minimum Gasteiger partial charge on any atom is -0.414 e. The molecule has 0 aromatic carbocycles. The fourth-order valence-electron chi connectivity index (χ4n) is 4.65. The third-order valence-electron chi connectivity index (χ3n) is 6.97. The summed E-state index contributed by atoms with van der Waals surface area (Å²) in [6, 6.07) is 0. The smallest absolute Gasteiger partial charge is 0.192 e. The molecule has 0 aromatic rings. The van der Waals surface area contributed by atoms with Crippen LogP contribution in [0.1, 0.15) is 66.7 Å². The van der Waals surface area contributed by atoms with Crippen LogP contribution in [0.2, 0.25) is 18.1 Å². The van der Waals surface area contributed by atoms with Gasteiger partial charge >= 0.3 is 0 Å². The summed E-state index contributed by atoms with van der Waals surface area (Å²) >= 11 is 0. The van der Waals surface area contributed by atoms with Crippen LogP contribution in [-0.4, -0.2) is 25.6 Å². The van der Waals surface area contributed by atoms with Crippen LogP contribution in [0.25, 0.3) is 0 Å². The Balaban J connectivity index is 2.17. The van der Waals surface area contributed by atoms with Gasteiger partial charge in [-0.15, -0.1) is 0 Å². The van der Waals surface area contributed by atoms with E-state index in [1.807, 2.05) is 6.92 Å². The molecule has 0 aromatic heterocycles. The van der Waals surface area contributed by atoms with Crippen LogP contribution in [0.15, 0.2) is 0 Å². The van der Waals surface area contributed by atoms with Crippen LogP contribution in [-0.2, 0) is 4.43 Å². The molecule has 0 aliphatic heterocycles. The Bertz CT molecular complexity index is 372. The molecule has 2 fully saturated rings. The van der Waals surface area contributed by atoms with Crippen LogP contribution in [0.4, 0.5) is 0 Å². The van der Waals surface area contributed by atoms with E-state index in [1.54, 1.807) is 0 Å². The summed E-state index contributed by atoms with van der Waals surface area (Å²) in [5.74, 6) is 1.12. The molecule has 2 rings (SSSR count). The zero-order chi connectivity index (χ0) is 16.1. The fraction of sp³-hybridized carbons (Fsp3) is 1.00. The second-order valence-electron chi connectivity index (χ2n) is 9.35. The van der Waals surface area contributed by atoms with E-state index in [0.29, 0.717) is 23.4 Å². The Hall–Kier alpha value is 0.137. The summed E-state index contributed by atoms with van der Waals surface area (Å²) in [6.07, 6.45) is 6.42. The van der Waals surface area contributed by atoms with E-state index >= 15 is 0 Å². The first-order valence-corrected chi connectivity index (χ1v) is 11.8. The van der Waals surface area contributed by atoms with Crippen molar-refractivity contribution in [2.45, 2.75) is 97.1 Å². The van der Waals surface area contributed by atoms with Gasteiger partial charge in [-0.2, -0.15) is 0 Å². The van der Waals surface area contributed by atoms with Crippen molar-refractivity contribution in [2.24, 2.45) is 17.3 Å². The van der Waals surface area contributed by atoms with Gasteiger partial charge in [0.2, 0.25) is 0 Å². The number of fused-ring (bicyclic) bond motifs is 1. The van der Waals surface area contributed by atoms with Crippen molar-refractivity contribution in [1.29, 1.82) is 0 Å². The summed E-state index contributed by atoms with van der Waals surface area (Å²) in [5.41, 5.74) is 0.291. The molecular formula is C18H36O2Si. The van der Waals surface area contributed by atoms with Gasteiger partial charge < -0.3 is 9.53 Å². The lowest BCUT2D eigenvalue weighted by molar-refractivity contribution is -0.0384. The molecule has 2 saturated carbocycles. The van der Waals surface area contributed by atoms with E-state index in [-0.39, 0.29) is 11.1 Å². The van der Waals surface area contributed by atoms with Crippen LogP contribution in [0.3, 0.4) is 0 Å². The molecule has 0 heterocycles. The van der Waals surface area contributed by atoms with Crippen LogP contribution >= 0.6 is 0 Å². The van der Waals surface area contributed by atoms with Gasteiger partial charge in [0.25, 0.3) is 0 Å². The summed E-state index contributed by atoms with van der Waals surface area (Å²) in [4.78, 5) is 0. The molecule has 2 nitrogen and oxygen atoms in total. The Morgan fingerprint density at radius 1 is 1.19 bits per heavy atom. The zero-order valence-corrected chi connectivity index (χ0v) is 16.2. The van der Waals surface area contributed by atoms with Crippen molar-refractivity contribution in [3.8, 4) is 0 Å². The molecule has 1 N–H and O–H groups in total. The van der Waals surface area contributed by atoms with E-state index in [4.69, 9.17) is 4.43 Å². The average molecular weight is 313 g/mol. The second-order valence-corrected chi connectivity index (χ2v) is 14.1. The Labute approximate surface area is 132 Å². The van der Waals surface area contributed by atoms with Gasteiger partial charge in [0.1, 0.15) is 0 Å². The van der Waals surface area contributed by atoms with E-state index in [1.165, 1.54) is 32.1 Å². The van der Waals surface area contributed by atoms with Crippen molar-refractivity contribution in [1.82, 2.24) is 0 Å². The molecule has 0 bridgehead atoms. The van der Waals surface area contributed by atoms with E-state index in [0.717, 1.165) is 0 Å². The fourth-order valence-corrected chi connectivity index (χ4v) is 6.04. The maximum Gasteiger partial charge on any atom is 0.192 e. The SMILES string of the molecule is C[C@H](O)[C@H]1CC[C@H]2C(O[Si](C)(C)C(C)(C)C)CCC[C@]12C. The van der Waals surface area contributed by atoms with Gasteiger partial charge in [0.05, 0.1) is 6.10 Å². The molecule has 3 heteroatoms. The maximum atomic E-state index is 10.2. The van der Waals surface area contributed by atoms with Gasteiger partial charge in [0.15, 0.2) is 8.32 Å². The van der Waals surface area contributed by atoms with Crippen molar-refractivity contribution in [3.63, 3.8) is 0 Å². The summed E-state index contributed by atoms with van der Waals surface area (Å²) < 4.78 is 6.81. The summed E-state index contributed by atoms with van der Waals surface area (Å²) in [6.45, 7) is 16.1. The molecule has 0 amide bonds. The molecule has 2 aliphatic carbocycles. The zero-order valence-electron chi connectivity index (χ0n) is 15.2. The number of hydrogen-bond acceptors (Lipinski definition) is 2. The molecule has 0 spiro atoms. The molecule has 0 saturated heterocycles. The van der Waals surface area contributed by atoms with Gasteiger partial charge in [-0.05, 0) is 68.0 Å². The van der Waals surface area contributed by atoms with Gasteiger partial charge in [-0.25, -0.2) is 0 Å². The van der Waals surface area contributed by atoms with Crippen molar-refractivity contribution < 1.29 is 9.53 Å². The van der Waals surface area contributed by atoms with Crippen molar-refractivity contribution >= 4 is 8.32 Å². The Morgan fingerprint density at radius 2 is 1.81 bits per heavy atom. The van der Waals surface area contributed by atoms with Gasteiger partial charge in [-0.3, -0.25) is 0 Å². The number of hydrogen-bond donors (Lipinski definition) is 1. The monoisotopic (exact) mass is 312 g/mol. The minimum absolute atomic E-state index is 0.174. The number of aliphatic hydroxyl groups is 1. The topological polar surface area (TPSA) is 29.5 Å². The molecule has 124 valence electrons. The number of aliphatic hydroxyl groups excluding tert-OH is 1. The lowest BCUT2D eigenvalue weighted by atomic mass is 9.63. The first-order valence-electron chi connectivity index (χ1n) is 8.85. The molecule has 21 heavy (non-hydrogen) atoms. The lowest BCUT2D eigenvalue weighted by Gasteiger charge is -2.49. The van der Waals surface area contributed by atoms with E-state index < -0.39 is 8.32 Å². The highest BCUT2D eigenvalue weighted by Crippen LogP contribution is 2.58. The average Bonchev–Trinajstić information content (AvgIpc) is 2.65. The second kappa shape index (κ2) is 5.65. The predicted molar refractivity (Wildman–Crippen MR) is 91.9 cm³/mol. The van der Waals surface area contributed by atoms with E-state index in [2.05, 4.69) is 40.8 Å². The van der Waals surface area contributed by atoms with Gasteiger partial charge in [-0.1, -0.05) is 34.1 Å². The third-order valence-corrected chi connectivity index (χ3v) is 11.5. The highest BCUT2D eigenvalue weighted by molar-refractivity contribution is 6.74. The largest absolute Gasteiger partial charge is 0.414 e. The molecule has 5 atom stereocenters. The van der Waals surface area contributed by atoms with Crippen molar-refractivity contribution in [3.05, 3.63) is 0 Å². The molecule has 0 radical (unpaired) electrons. The predicted octanol–water partition coefficient (Wildman–Crippen LogP) is 4.97. The minimum atomic E-state index is -1.70. The Morgan fingerprint density at radius 3 is 2.33 bits per heavy atom. The summed E-state index contributed by atoms with van der Waals surface area (Å²) in [5, 5.41) is 10.5. The molecule has 1 unspecified atom stereocenters. The van der Waals surface area contributed by atoms with Crippen LogP contribution in [0.5, 0.6) is 0 Å². The van der Waals surface area contributed by atoms with Crippen LogP contribution in [0, 0.1) is 17.3 Å². The van der Waals surface area contributed by atoms with Crippen LogP contribution < -0.4 is 0 Å². The standard InChI is InChI=1S/C18H36O2Si/c1-13(19)14-10-11-15-16(9-8-12-18(14,15)5)20-21(6,7)17(2,3)4/h13-16,19H,8-12H2,1-7H3/t13-,14+,15-,16?,18+/m0/s1. The van der Waals surface area contributed by atoms with E-state index in [9.17, 15) is 5.11 Å². The third kappa shape index (κ3) is 3.11. The molecular weight excluding hydrogens is 276 g/mol. The lowest BCUT2D eigenvalue weighted by Crippen LogP contribution is -2.50. The summed E-state index contributed by atoms with van der Waals surface area (Å²) in [7, 11) is -1.70. The normalized spacial score (nSPS) is 39.1. The first kappa shape index (κ1) is 17.5.